The van der Waals surface area contributed by atoms with Crippen LogP contribution in [-0.2, 0) is 9.47 Å². The van der Waals surface area contributed by atoms with E-state index in [0.29, 0.717) is 48.5 Å². The smallest absolute Gasteiger partial charge is 0.339 e. The summed E-state index contributed by atoms with van der Waals surface area (Å²) in [5, 5.41) is 0. The zero-order valence-electron chi connectivity index (χ0n) is 23.3. The van der Waals surface area contributed by atoms with Crippen molar-refractivity contribution >= 4 is 11.9 Å². The highest BCUT2D eigenvalue weighted by Crippen LogP contribution is 2.32. The van der Waals surface area contributed by atoms with E-state index in [0.717, 1.165) is 13.1 Å². The van der Waals surface area contributed by atoms with Crippen LogP contribution in [0.1, 0.15) is 123 Å². The lowest BCUT2D eigenvalue weighted by atomic mass is 10.1. The van der Waals surface area contributed by atoms with Gasteiger partial charge >= 0.3 is 11.9 Å². The molecular formula is C32H48N2O4. The number of hydrogen-bond donors (Lipinski definition) is 0. The van der Waals surface area contributed by atoms with E-state index in [9.17, 15) is 9.59 Å². The van der Waals surface area contributed by atoms with E-state index in [1.165, 1.54) is 103 Å². The van der Waals surface area contributed by atoms with Crippen LogP contribution in [0.3, 0.4) is 0 Å². The average Bonchev–Trinajstić information content (AvgIpc) is 3.78. The highest BCUT2D eigenvalue weighted by Gasteiger charge is 2.32. The second kappa shape index (κ2) is 13.9. The highest BCUT2D eigenvalue weighted by molar-refractivity contribution is 6.03. The van der Waals surface area contributed by atoms with Crippen molar-refractivity contribution < 1.29 is 19.1 Å². The predicted molar refractivity (Wildman–Crippen MR) is 149 cm³/mol. The molecular weight excluding hydrogens is 476 g/mol. The SMILES string of the molecule is O=C(OCCN(C1CCCC1)C1CCCC1)c1ccccc1C(=O)OCCN(C1CCCC1)C1CCCC1. The van der Waals surface area contributed by atoms with Crippen LogP contribution in [0.15, 0.2) is 24.3 Å². The van der Waals surface area contributed by atoms with E-state index in [2.05, 4.69) is 9.80 Å². The molecule has 0 saturated heterocycles. The molecule has 0 amide bonds. The van der Waals surface area contributed by atoms with Crippen LogP contribution in [0.25, 0.3) is 0 Å². The standard InChI is InChI=1S/C32H48N2O4/c35-31(37-23-21-33(25-11-1-2-12-25)26-13-3-4-14-26)29-19-9-10-20-30(29)32(36)38-24-22-34(27-15-5-6-16-27)28-17-7-8-18-28/h9-10,19-20,25-28H,1-8,11-18,21-24H2. The molecule has 1 aromatic rings. The van der Waals surface area contributed by atoms with Gasteiger partial charge in [0.05, 0.1) is 11.1 Å². The van der Waals surface area contributed by atoms with Crippen LogP contribution < -0.4 is 0 Å². The Hall–Kier alpha value is -1.92. The number of carbonyl (C=O) groups excluding carboxylic acids is 2. The Balaban J connectivity index is 1.13. The van der Waals surface area contributed by atoms with Gasteiger partial charge in [-0.25, -0.2) is 9.59 Å². The minimum atomic E-state index is -0.422. The summed E-state index contributed by atoms with van der Waals surface area (Å²) in [7, 11) is 0. The van der Waals surface area contributed by atoms with Crippen LogP contribution in [0.4, 0.5) is 0 Å². The molecule has 210 valence electrons. The monoisotopic (exact) mass is 524 g/mol. The molecule has 0 bridgehead atoms. The lowest BCUT2D eigenvalue weighted by Gasteiger charge is -2.34. The van der Waals surface area contributed by atoms with Gasteiger partial charge in [-0.05, 0) is 63.5 Å². The average molecular weight is 525 g/mol. The van der Waals surface area contributed by atoms with Gasteiger partial charge < -0.3 is 9.47 Å². The number of rotatable bonds is 12. The summed E-state index contributed by atoms with van der Waals surface area (Å²) < 4.78 is 11.5. The maximum atomic E-state index is 13.1. The fraction of sp³-hybridized carbons (Fsp3) is 0.750. The first-order chi connectivity index (χ1) is 18.7. The summed E-state index contributed by atoms with van der Waals surface area (Å²) in [6.45, 7) is 2.30. The van der Waals surface area contributed by atoms with E-state index < -0.39 is 11.9 Å². The van der Waals surface area contributed by atoms with Crippen molar-refractivity contribution in [1.82, 2.24) is 9.80 Å². The summed E-state index contributed by atoms with van der Waals surface area (Å²) in [5.74, 6) is -0.845. The molecule has 0 heterocycles. The Kier molecular flexibility index (Phi) is 10.1. The summed E-state index contributed by atoms with van der Waals surface area (Å²) in [6.07, 6.45) is 20.6. The Morgan fingerprint density at radius 3 is 1.13 bits per heavy atom. The second-order valence-electron chi connectivity index (χ2n) is 12.0. The van der Waals surface area contributed by atoms with Gasteiger partial charge in [0.2, 0.25) is 0 Å². The van der Waals surface area contributed by atoms with Crippen molar-refractivity contribution in [2.75, 3.05) is 26.3 Å². The highest BCUT2D eigenvalue weighted by atomic mass is 16.5. The van der Waals surface area contributed by atoms with Crippen molar-refractivity contribution in [2.24, 2.45) is 0 Å². The minimum absolute atomic E-state index is 0.314. The first-order valence-corrected chi connectivity index (χ1v) is 15.7. The van der Waals surface area contributed by atoms with E-state index in [-0.39, 0.29) is 0 Å². The van der Waals surface area contributed by atoms with Gasteiger partial charge in [0.15, 0.2) is 0 Å². The largest absolute Gasteiger partial charge is 0.461 e. The predicted octanol–water partition coefficient (Wildman–Crippen LogP) is 6.37. The van der Waals surface area contributed by atoms with E-state index in [1.54, 1.807) is 24.3 Å². The van der Waals surface area contributed by atoms with Gasteiger partial charge in [-0.15, -0.1) is 0 Å². The van der Waals surface area contributed by atoms with Crippen LogP contribution in [0, 0.1) is 0 Å². The first-order valence-electron chi connectivity index (χ1n) is 15.7. The molecule has 0 radical (unpaired) electrons. The molecule has 38 heavy (non-hydrogen) atoms. The number of ether oxygens (including phenoxy) is 2. The topological polar surface area (TPSA) is 59.1 Å². The van der Waals surface area contributed by atoms with E-state index in [4.69, 9.17) is 9.47 Å². The molecule has 0 aromatic heterocycles. The van der Waals surface area contributed by atoms with Gasteiger partial charge in [-0.2, -0.15) is 0 Å². The van der Waals surface area contributed by atoms with E-state index >= 15 is 0 Å². The second-order valence-corrected chi connectivity index (χ2v) is 12.0. The molecule has 4 saturated carbocycles. The molecule has 0 aliphatic heterocycles. The Morgan fingerprint density at radius 2 is 0.842 bits per heavy atom. The third-order valence-corrected chi connectivity index (χ3v) is 9.71. The van der Waals surface area contributed by atoms with Gasteiger partial charge in [-0.1, -0.05) is 63.5 Å². The van der Waals surface area contributed by atoms with Crippen LogP contribution in [0.5, 0.6) is 0 Å². The quantitative estimate of drug-likeness (QED) is 0.296. The summed E-state index contributed by atoms with van der Waals surface area (Å²) in [6, 6.07) is 9.48. The number of carbonyl (C=O) groups is 2. The molecule has 1 aromatic carbocycles. The lowest BCUT2D eigenvalue weighted by molar-refractivity contribution is 0.0345. The molecule has 0 unspecified atom stereocenters. The lowest BCUT2D eigenvalue weighted by Crippen LogP contribution is -2.43. The van der Waals surface area contributed by atoms with Crippen molar-refractivity contribution in [3.8, 4) is 0 Å². The Morgan fingerprint density at radius 1 is 0.553 bits per heavy atom. The molecule has 6 nitrogen and oxygen atoms in total. The van der Waals surface area contributed by atoms with Gasteiger partial charge in [0, 0.05) is 37.3 Å². The number of nitrogens with zero attached hydrogens (tertiary/aromatic N) is 2. The number of hydrogen-bond acceptors (Lipinski definition) is 6. The fourth-order valence-corrected chi connectivity index (χ4v) is 7.75. The zero-order chi connectivity index (χ0) is 26.2. The van der Waals surface area contributed by atoms with Crippen molar-refractivity contribution in [3.63, 3.8) is 0 Å². The molecule has 6 heteroatoms. The maximum Gasteiger partial charge on any atom is 0.339 e. The minimum Gasteiger partial charge on any atom is -0.461 e. The molecule has 5 rings (SSSR count). The third kappa shape index (κ3) is 6.98. The molecule has 4 aliphatic carbocycles. The Bertz CT molecular complexity index is 791. The van der Waals surface area contributed by atoms with Crippen LogP contribution in [0.2, 0.25) is 0 Å². The summed E-state index contributed by atoms with van der Waals surface area (Å²) in [5.41, 5.74) is 0.628. The molecule has 4 aliphatic rings. The first kappa shape index (κ1) is 27.6. The number of esters is 2. The molecule has 0 spiro atoms. The Labute approximate surface area is 229 Å². The van der Waals surface area contributed by atoms with Gasteiger partial charge in [0.25, 0.3) is 0 Å². The van der Waals surface area contributed by atoms with Crippen molar-refractivity contribution in [2.45, 2.75) is 127 Å². The summed E-state index contributed by atoms with van der Waals surface area (Å²) >= 11 is 0. The zero-order valence-corrected chi connectivity index (χ0v) is 23.3. The fourth-order valence-electron chi connectivity index (χ4n) is 7.75. The molecule has 0 atom stereocenters. The van der Waals surface area contributed by atoms with Crippen molar-refractivity contribution in [1.29, 1.82) is 0 Å². The third-order valence-electron chi connectivity index (χ3n) is 9.71. The molecule has 4 fully saturated rings. The number of benzene rings is 1. The van der Waals surface area contributed by atoms with Crippen molar-refractivity contribution in [3.05, 3.63) is 35.4 Å². The van der Waals surface area contributed by atoms with Crippen LogP contribution >= 0.6 is 0 Å². The summed E-state index contributed by atoms with van der Waals surface area (Å²) in [4.78, 5) is 31.4. The normalized spacial score (nSPS) is 21.7. The van der Waals surface area contributed by atoms with E-state index in [1.807, 2.05) is 0 Å². The molecule has 0 N–H and O–H groups in total. The van der Waals surface area contributed by atoms with Gasteiger partial charge in [-0.3, -0.25) is 9.80 Å². The maximum absolute atomic E-state index is 13.1. The van der Waals surface area contributed by atoms with Gasteiger partial charge in [0.1, 0.15) is 13.2 Å². The van der Waals surface area contributed by atoms with Crippen LogP contribution in [-0.4, -0.2) is 72.2 Å².